The van der Waals surface area contributed by atoms with Gasteiger partial charge >= 0.3 is 5.97 Å². The summed E-state index contributed by atoms with van der Waals surface area (Å²) in [6, 6.07) is 1.08. The van der Waals surface area contributed by atoms with E-state index >= 15 is 0 Å². The molecule has 0 amide bonds. The average Bonchev–Trinajstić information content (AvgIpc) is 3.19. The second kappa shape index (κ2) is 14.2. The Kier molecular flexibility index (Phi) is 12.6. The molecule has 0 aliphatic heterocycles. The minimum Gasteiger partial charge on any atom is -0.476 e. The zero-order valence-corrected chi connectivity index (χ0v) is 34.5. The van der Waals surface area contributed by atoms with Gasteiger partial charge in [-0.2, -0.15) is 5.10 Å². The predicted molar refractivity (Wildman–Crippen MR) is 192 cm³/mol. The number of ether oxygens (including phenoxy) is 1. The highest BCUT2D eigenvalue weighted by Crippen LogP contribution is 2.44. The second-order valence-corrected chi connectivity index (χ2v) is 33.3. The molecule has 1 heterocycles. The SMILES string of the molecule is CC1(O[Si](C)(C)C(C)(C)C)CCC(=O)CC1.CC1(O[Si](C)(C)C(C)(C)C)CCc2c(C(=O)O)nn(COCC[Si](C)(C)C)c2C1. The van der Waals surface area contributed by atoms with Gasteiger partial charge in [-0.15, -0.1) is 0 Å². The van der Waals surface area contributed by atoms with Crippen molar-refractivity contribution >= 4 is 36.5 Å². The van der Waals surface area contributed by atoms with Gasteiger partial charge in [0, 0.05) is 45.2 Å². The van der Waals surface area contributed by atoms with Crippen LogP contribution in [0.2, 0.25) is 61.9 Å². The fraction of sp³-hybridized carbons (Fsp3) is 0.853. The van der Waals surface area contributed by atoms with E-state index in [1.165, 1.54) is 0 Å². The molecule has 2 aliphatic carbocycles. The monoisotopic (exact) mass is 682 g/mol. The van der Waals surface area contributed by atoms with Crippen molar-refractivity contribution in [3.63, 3.8) is 0 Å². The molecule has 0 spiro atoms. The maximum atomic E-state index is 11.7. The zero-order chi connectivity index (χ0) is 34.9. The van der Waals surface area contributed by atoms with E-state index in [2.05, 4.69) is 106 Å². The van der Waals surface area contributed by atoms with E-state index in [4.69, 9.17) is 13.6 Å². The van der Waals surface area contributed by atoms with Crippen molar-refractivity contribution in [2.45, 2.75) is 180 Å². The largest absolute Gasteiger partial charge is 0.476 e. The van der Waals surface area contributed by atoms with Crippen molar-refractivity contribution < 1.29 is 28.3 Å². The number of carboxylic acid groups (broad SMARTS) is 1. The molecule has 1 aromatic rings. The first kappa shape index (κ1) is 40.1. The Labute approximate surface area is 277 Å². The van der Waals surface area contributed by atoms with Gasteiger partial charge in [0.2, 0.25) is 0 Å². The molecule has 0 aromatic carbocycles. The Bertz CT molecular complexity index is 1180. The van der Waals surface area contributed by atoms with Crippen LogP contribution in [-0.2, 0) is 38.0 Å². The molecule has 1 N–H and O–H groups in total. The van der Waals surface area contributed by atoms with Crippen LogP contribution in [0.1, 0.15) is 109 Å². The summed E-state index contributed by atoms with van der Waals surface area (Å²) < 4.78 is 20.9. The number of nitrogens with zero attached hydrogens (tertiary/aromatic N) is 2. The van der Waals surface area contributed by atoms with Gasteiger partial charge in [0.05, 0.1) is 11.2 Å². The molecule has 1 unspecified atom stereocenters. The van der Waals surface area contributed by atoms with Crippen LogP contribution >= 0.6 is 0 Å². The predicted octanol–water partition coefficient (Wildman–Crippen LogP) is 9.07. The zero-order valence-electron chi connectivity index (χ0n) is 31.5. The lowest BCUT2D eigenvalue weighted by molar-refractivity contribution is -0.124. The van der Waals surface area contributed by atoms with Crippen LogP contribution in [0.5, 0.6) is 0 Å². The lowest BCUT2D eigenvalue weighted by atomic mass is 9.84. The Morgan fingerprint density at radius 3 is 1.76 bits per heavy atom. The Morgan fingerprint density at radius 1 is 0.844 bits per heavy atom. The number of ketones is 1. The summed E-state index contributed by atoms with van der Waals surface area (Å²) in [5.41, 5.74) is 1.62. The van der Waals surface area contributed by atoms with E-state index in [9.17, 15) is 14.7 Å². The van der Waals surface area contributed by atoms with Gasteiger partial charge in [0.1, 0.15) is 12.5 Å². The van der Waals surface area contributed by atoms with Crippen molar-refractivity contribution in [3.8, 4) is 0 Å². The Morgan fingerprint density at radius 2 is 1.31 bits per heavy atom. The number of aromatic carboxylic acids is 1. The average molecular weight is 683 g/mol. The normalized spacial score (nSPS) is 21.2. The second-order valence-electron chi connectivity index (χ2n) is 18.3. The Hall–Kier alpha value is -1.12. The van der Waals surface area contributed by atoms with Gasteiger partial charge in [-0.1, -0.05) is 61.2 Å². The van der Waals surface area contributed by atoms with E-state index in [0.29, 0.717) is 44.8 Å². The van der Waals surface area contributed by atoms with Gasteiger partial charge in [-0.25, -0.2) is 9.48 Å². The van der Waals surface area contributed by atoms with Gasteiger partial charge in [0.15, 0.2) is 22.3 Å². The molecule has 0 bridgehead atoms. The molecule has 8 nitrogen and oxygen atoms in total. The van der Waals surface area contributed by atoms with Gasteiger partial charge in [-0.3, -0.25) is 4.79 Å². The molecule has 1 saturated carbocycles. The number of hydrogen-bond donors (Lipinski definition) is 1. The molecule has 260 valence electrons. The fourth-order valence-electron chi connectivity index (χ4n) is 5.42. The molecule has 1 aromatic heterocycles. The highest BCUT2D eigenvalue weighted by Gasteiger charge is 2.46. The quantitative estimate of drug-likeness (QED) is 0.194. The van der Waals surface area contributed by atoms with Crippen LogP contribution in [0.3, 0.4) is 0 Å². The Balaban J connectivity index is 0.000000372. The number of carbonyl (C=O) groups excluding carboxylic acids is 1. The molecule has 0 saturated heterocycles. The minimum absolute atomic E-state index is 0.0586. The van der Waals surface area contributed by atoms with E-state index in [1.807, 2.05) is 0 Å². The van der Waals surface area contributed by atoms with Crippen molar-refractivity contribution in [1.82, 2.24) is 9.78 Å². The van der Waals surface area contributed by atoms with Crippen LogP contribution in [0, 0.1) is 0 Å². The van der Waals surface area contributed by atoms with Crippen LogP contribution in [0.15, 0.2) is 0 Å². The summed E-state index contributed by atoms with van der Waals surface area (Å²) in [4.78, 5) is 23.0. The molecular weight excluding hydrogens is 617 g/mol. The summed E-state index contributed by atoms with van der Waals surface area (Å²) in [5, 5.41) is 14.4. The highest BCUT2D eigenvalue weighted by molar-refractivity contribution is 6.76. The molecule has 1 atom stereocenters. The molecule has 1 fully saturated rings. The summed E-state index contributed by atoms with van der Waals surface area (Å²) in [7, 11) is -4.81. The number of aromatic nitrogens is 2. The molecule has 11 heteroatoms. The molecule has 45 heavy (non-hydrogen) atoms. The fourth-order valence-corrected chi connectivity index (χ4v) is 9.63. The number of carboxylic acids is 1. The van der Waals surface area contributed by atoms with Crippen molar-refractivity contribution in [2.75, 3.05) is 6.61 Å². The summed E-state index contributed by atoms with van der Waals surface area (Å²) in [5.74, 6) is -0.563. The third-order valence-corrected chi connectivity index (χ3v) is 21.4. The first-order valence-corrected chi connectivity index (χ1v) is 26.4. The maximum absolute atomic E-state index is 11.7. The van der Waals surface area contributed by atoms with Crippen LogP contribution in [0.25, 0.3) is 0 Å². The maximum Gasteiger partial charge on any atom is 0.356 e. The van der Waals surface area contributed by atoms with E-state index in [-0.39, 0.29) is 27.0 Å². The van der Waals surface area contributed by atoms with E-state index in [1.54, 1.807) is 4.68 Å². The van der Waals surface area contributed by atoms with Crippen LogP contribution < -0.4 is 0 Å². The van der Waals surface area contributed by atoms with E-state index < -0.39 is 30.7 Å². The standard InChI is InChI=1S/C21H40N2O4Si2.C13H26O2Si/c1-20(2,3)29(8,9)27-21(4)11-10-16-17(14-21)23(22-18(16)19(24)25)15-26-12-13-28(5,6)7;1-12(2,3)16(5,6)15-13(4)9-7-11(14)8-10-13/h10-15H2,1-9H3,(H,24,25);7-10H2,1-6H3. The topological polar surface area (TPSA) is 99.9 Å². The number of carbonyl (C=O) groups is 2. The van der Waals surface area contributed by atoms with E-state index in [0.717, 1.165) is 36.6 Å². The molecule has 0 radical (unpaired) electrons. The first-order valence-electron chi connectivity index (χ1n) is 16.9. The highest BCUT2D eigenvalue weighted by atomic mass is 28.4. The number of fused-ring (bicyclic) bond motifs is 1. The number of hydrogen-bond acceptors (Lipinski definition) is 6. The van der Waals surface area contributed by atoms with Crippen LogP contribution in [0.4, 0.5) is 0 Å². The van der Waals surface area contributed by atoms with Crippen LogP contribution in [-0.4, -0.2) is 69.2 Å². The third kappa shape index (κ3) is 11.2. The molecule has 3 rings (SSSR count). The lowest BCUT2D eigenvalue weighted by Crippen LogP contribution is -2.51. The number of rotatable bonds is 10. The van der Waals surface area contributed by atoms with Crippen molar-refractivity contribution in [2.24, 2.45) is 0 Å². The first-order chi connectivity index (χ1) is 20.1. The smallest absolute Gasteiger partial charge is 0.356 e. The minimum atomic E-state index is -1.94. The molecule has 2 aliphatic rings. The summed E-state index contributed by atoms with van der Waals surface area (Å²) in [6.45, 7) is 34.9. The lowest BCUT2D eigenvalue weighted by Gasteiger charge is -2.45. The number of Topliss-reactive ketones (excluding diaryl/α,β-unsaturated/α-hetero) is 1. The summed E-state index contributed by atoms with van der Waals surface area (Å²) >= 11 is 0. The summed E-state index contributed by atoms with van der Waals surface area (Å²) in [6.07, 6.45) is 5.37. The molecular formula is C34H66N2O6Si3. The van der Waals surface area contributed by atoms with Crippen molar-refractivity contribution in [1.29, 1.82) is 0 Å². The third-order valence-electron chi connectivity index (χ3n) is 10.5. The van der Waals surface area contributed by atoms with Gasteiger partial charge < -0.3 is 18.7 Å². The van der Waals surface area contributed by atoms with Gasteiger partial charge in [-0.05, 0) is 81.8 Å². The van der Waals surface area contributed by atoms with Crippen molar-refractivity contribution in [3.05, 3.63) is 17.0 Å². The van der Waals surface area contributed by atoms with Gasteiger partial charge in [0.25, 0.3) is 0 Å².